The van der Waals surface area contributed by atoms with Gasteiger partial charge in [-0.2, -0.15) is 0 Å². The Labute approximate surface area is 211 Å². The molecule has 2 aliphatic rings. The zero-order valence-corrected chi connectivity index (χ0v) is 20.3. The first kappa shape index (κ1) is 25.6. The van der Waals surface area contributed by atoms with Crippen LogP contribution in [0.15, 0.2) is 36.4 Å². The van der Waals surface area contributed by atoms with Crippen LogP contribution in [0.25, 0.3) is 0 Å². The van der Waals surface area contributed by atoms with Gasteiger partial charge in [0.15, 0.2) is 16.7 Å². The Kier molecular flexibility index (Phi) is 7.85. The van der Waals surface area contributed by atoms with Gasteiger partial charge in [0.05, 0.1) is 38.1 Å². The fraction of sp³-hybridized carbons (Fsp3) is 0.375. The Morgan fingerprint density at radius 2 is 1.92 bits per heavy atom. The van der Waals surface area contributed by atoms with E-state index in [4.69, 9.17) is 26.5 Å². The van der Waals surface area contributed by atoms with Crippen LogP contribution in [-0.4, -0.2) is 73.2 Å². The minimum Gasteiger partial charge on any atom is -0.507 e. The summed E-state index contributed by atoms with van der Waals surface area (Å²) in [4.78, 5) is 33.1. The number of thiocarbonyl (C=S) groups is 1. The van der Waals surface area contributed by atoms with Gasteiger partial charge in [-0.1, -0.05) is 12.1 Å². The van der Waals surface area contributed by atoms with Crippen LogP contribution in [0.1, 0.15) is 23.2 Å². The molecule has 12 heteroatoms. The second-order valence-electron chi connectivity index (χ2n) is 8.23. The normalized spacial score (nSPS) is 18.1. The van der Waals surface area contributed by atoms with Gasteiger partial charge in [-0.25, -0.2) is 18.6 Å². The summed E-state index contributed by atoms with van der Waals surface area (Å²) in [6.45, 7) is 0.329. The lowest BCUT2D eigenvalue weighted by Gasteiger charge is -2.24. The van der Waals surface area contributed by atoms with Gasteiger partial charge in [0, 0.05) is 31.6 Å². The van der Waals surface area contributed by atoms with Gasteiger partial charge in [0.25, 0.3) is 5.91 Å². The molecule has 0 unspecified atom stereocenters. The van der Waals surface area contributed by atoms with Gasteiger partial charge >= 0.3 is 6.09 Å². The molecule has 4 rings (SSSR count). The van der Waals surface area contributed by atoms with Gasteiger partial charge in [-0.05, 0) is 30.8 Å². The van der Waals surface area contributed by atoms with Crippen molar-refractivity contribution in [1.29, 1.82) is 0 Å². The molecule has 0 radical (unpaired) electrons. The van der Waals surface area contributed by atoms with Gasteiger partial charge in [-0.3, -0.25) is 14.5 Å². The number of nitrogens with zero attached hydrogens (tertiary/aromatic N) is 3. The Hall–Kier alpha value is -3.51. The van der Waals surface area contributed by atoms with E-state index in [1.54, 1.807) is 12.1 Å². The number of para-hydroxylation sites is 1. The summed E-state index contributed by atoms with van der Waals surface area (Å²) in [6.07, 6.45) is -0.329. The molecular formula is C24H25F2N3O6S. The molecule has 1 atom stereocenters. The highest BCUT2D eigenvalue weighted by Crippen LogP contribution is 2.32. The molecule has 0 saturated carbocycles. The van der Waals surface area contributed by atoms with Crippen molar-refractivity contribution in [3.63, 3.8) is 0 Å². The highest BCUT2D eigenvalue weighted by Gasteiger charge is 2.34. The molecule has 0 aliphatic carbocycles. The highest BCUT2D eigenvalue weighted by atomic mass is 32.1. The number of hydrogen-bond acceptors (Lipinski definition) is 8. The van der Waals surface area contributed by atoms with E-state index < -0.39 is 29.7 Å². The number of halogens is 2. The predicted molar refractivity (Wildman–Crippen MR) is 130 cm³/mol. The molecule has 2 heterocycles. The first-order valence-corrected chi connectivity index (χ1v) is 11.7. The number of aromatic hydroxyl groups is 1. The SMILES string of the molecule is COC(=S)CC[C@H]1CN(c2cc(F)c(N3CCON(C(=O)c4ccccc4O)CC3)c(F)c2)C(=O)O1. The lowest BCUT2D eigenvalue weighted by Crippen LogP contribution is -2.35. The number of hydroxylamine groups is 2. The molecule has 2 aromatic carbocycles. The molecule has 2 aliphatic heterocycles. The number of carbonyl (C=O) groups excluding carboxylic acids is 2. The lowest BCUT2D eigenvalue weighted by atomic mass is 10.1. The van der Waals surface area contributed by atoms with Crippen molar-refractivity contribution >= 4 is 40.6 Å². The molecule has 0 bridgehead atoms. The number of phenolic OH excluding ortho intramolecular Hbond substituents is 1. The van der Waals surface area contributed by atoms with Crippen molar-refractivity contribution in [3.8, 4) is 5.75 Å². The number of rotatable bonds is 6. The van der Waals surface area contributed by atoms with Gasteiger partial charge < -0.3 is 19.5 Å². The Balaban J connectivity index is 1.44. The quantitative estimate of drug-likeness (QED) is 0.577. The summed E-state index contributed by atoms with van der Waals surface area (Å²) < 4.78 is 40.5. The van der Waals surface area contributed by atoms with Crippen LogP contribution in [-0.2, 0) is 14.3 Å². The molecule has 0 spiro atoms. The van der Waals surface area contributed by atoms with Crippen LogP contribution in [0.3, 0.4) is 0 Å². The first-order valence-electron chi connectivity index (χ1n) is 11.3. The molecular weight excluding hydrogens is 496 g/mol. The zero-order valence-electron chi connectivity index (χ0n) is 19.5. The summed E-state index contributed by atoms with van der Waals surface area (Å²) in [7, 11) is 1.46. The van der Waals surface area contributed by atoms with E-state index in [1.165, 1.54) is 29.0 Å². The average molecular weight is 522 g/mol. The fourth-order valence-electron chi connectivity index (χ4n) is 4.10. The minimum atomic E-state index is -0.859. The molecule has 2 fully saturated rings. The third kappa shape index (κ3) is 5.49. The van der Waals surface area contributed by atoms with E-state index in [9.17, 15) is 14.7 Å². The molecule has 192 valence electrons. The van der Waals surface area contributed by atoms with E-state index in [0.29, 0.717) is 17.9 Å². The van der Waals surface area contributed by atoms with Crippen LogP contribution in [0.5, 0.6) is 5.75 Å². The predicted octanol–water partition coefficient (Wildman–Crippen LogP) is 3.64. The van der Waals surface area contributed by atoms with Crippen LogP contribution in [0, 0.1) is 11.6 Å². The highest BCUT2D eigenvalue weighted by molar-refractivity contribution is 7.80. The number of benzene rings is 2. The number of hydrogen-bond donors (Lipinski definition) is 1. The number of amides is 2. The minimum absolute atomic E-state index is 0.0105. The Morgan fingerprint density at radius 3 is 2.61 bits per heavy atom. The van der Waals surface area contributed by atoms with E-state index in [0.717, 1.165) is 17.2 Å². The standard InChI is InChI=1S/C24H25F2N3O6S/c1-33-21(36)7-6-16-14-28(24(32)35-16)15-12-18(25)22(19(26)13-15)27-8-9-29(34-11-10-27)23(31)17-4-2-3-5-20(17)30/h2-5,12-13,16,30H,6-11,14H2,1H3/t16-/m0/s1. The number of cyclic esters (lactones) is 1. The van der Waals surface area contributed by atoms with Crippen molar-refractivity contribution in [2.45, 2.75) is 18.9 Å². The van der Waals surface area contributed by atoms with E-state index >= 15 is 8.78 Å². The van der Waals surface area contributed by atoms with Crippen molar-refractivity contribution in [2.24, 2.45) is 0 Å². The summed E-state index contributed by atoms with van der Waals surface area (Å²) in [5.41, 5.74) is -0.181. The molecule has 2 saturated heterocycles. The zero-order chi connectivity index (χ0) is 25.8. The van der Waals surface area contributed by atoms with Crippen molar-refractivity contribution in [2.75, 3.05) is 49.7 Å². The van der Waals surface area contributed by atoms with Crippen molar-refractivity contribution in [3.05, 3.63) is 53.6 Å². The number of methoxy groups -OCH3 is 1. The second-order valence-corrected chi connectivity index (χ2v) is 8.69. The van der Waals surface area contributed by atoms with Crippen LogP contribution in [0.2, 0.25) is 0 Å². The molecule has 9 nitrogen and oxygen atoms in total. The van der Waals surface area contributed by atoms with Gasteiger partial charge in [0.2, 0.25) is 0 Å². The maximum Gasteiger partial charge on any atom is 0.414 e. The Morgan fingerprint density at radius 1 is 1.19 bits per heavy atom. The number of anilines is 2. The third-order valence-electron chi connectivity index (χ3n) is 5.94. The largest absolute Gasteiger partial charge is 0.507 e. The number of carbonyl (C=O) groups is 2. The number of ether oxygens (including phenoxy) is 2. The van der Waals surface area contributed by atoms with Gasteiger partial charge in [0.1, 0.15) is 17.5 Å². The molecule has 1 N–H and O–H groups in total. The average Bonchev–Trinajstić information content (AvgIpc) is 3.06. The fourth-order valence-corrected chi connectivity index (χ4v) is 4.21. The molecule has 36 heavy (non-hydrogen) atoms. The van der Waals surface area contributed by atoms with E-state index in [-0.39, 0.29) is 55.5 Å². The first-order chi connectivity index (χ1) is 17.3. The van der Waals surface area contributed by atoms with Crippen molar-refractivity contribution in [1.82, 2.24) is 5.06 Å². The van der Waals surface area contributed by atoms with Gasteiger partial charge in [-0.15, -0.1) is 0 Å². The van der Waals surface area contributed by atoms with Crippen LogP contribution in [0.4, 0.5) is 25.0 Å². The number of phenols is 1. The monoisotopic (exact) mass is 521 g/mol. The molecule has 2 aromatic rings. The third-order valence-corrected chi connectivity index (χ3v) is 6.31. The second kappa shape index (κ2) is 11.0. The summed E-state index contributed by atoms with van der Waals surface area (Å²) in [5, 5.41) is 11.4. The maximum absolute atomic E-state index is 15.1. The molecule has 2 amide bonds. The van der Waals surface area contributed by atoms with Crippen LogP contribution >= 0.6 is 12.2 Å². The lowest BCUT2D eigenvalue weighted by molar-refractivity contribution is -0.111. The van der Waals surface area contributed by atoms with Crippen molar-refractivity contribution < 1.29 is 37.8 Å². The smallest absolute Gasteiger partial charge is 0.414 e. The van der Waals surface area contributed by atoms with E-state index in [1.807, 2.05) is 0 Å². The molecule has 0 aromatic heterocycles. The van der Waals surface area contributed by atoms with Crippen LogP contribution < -0.4 is 9.80 Å². The Bertz CT molecular complexity index is 1140. The summed E-state index contributed by atoms with van der Waals surface area (Å²) in [5.74, 6) is -2.46. The van der Waals surface area contributed by atoms with E-state index in [2.05, 4.69) is 0 Å². The topological polar surface area (TPSA) is 91.8 Å². The maximum atomic E-state index is 15.1. The summed E-state index contributed by atoms with van der Waals surface area (Å²) in [6, 6.07) is 8.20. The summed E-state index contributed by atoms with van der Waals surface area (Å²) >= 11 is 4.99.